The van der Waals surface area contributed by atoms with Crippen LogP contribution in [0.25, 0.3) is 0 Å². The Bertz CT molecular complexity index is 1100. The number of rotatable bonds is 4. The summed E-state index contributed by atoms with van der Waals surface area (Å²) in [4.78, 5) is 13.3. The van der Waals surface area contributed by atoms with E-state index in [1.54, 1.807) is 0 Å². The fourth-order valence-electron chi connectivity index (χ4n) is 8.86. The Labute approximate surface area is 245 Å². The first-order valence-electron chi connectivity index (χ1n) is 15.6. The molecule has 2 saturated heterocycles. The highest BCUT2D eigenvalue weighted by molar-refractivity contribution is 6.74. The topological polar surface area (TPSA) is 74.2 Å². The Morgan fingerprint density at radius 3 is 2.15 bits per heavy atom. The van der Waals surface area contributed by atoms with Crippen molar-refractivity contribution < 1.29 is 28.2 Å². The molecule has 1 unspecified atom stereocenters. The molecule has 0 aromatic carbocycles. The van der Waals surface area contributed by atoms with Crippen molar-refractivity contribution in [3.8, 4) is 0 Å². The maximum Gasteiger partial charge on any atom is 0.309 e. The van der Waals surface area contributed by atoms with Gasteiger partial charge < -0.3 is 23.4 Å². The lowest BCUT2D eigenvalue weighted by molar-refractivity contribution is -0.320. The van der Waals surface area contributed by atoms with E-state index in [9.17, 15) is 9.90 Å². The van der Waals surface area contributed by atoms with Gasteiger partial charge in [0, 0.05) is 5.92 Å². The molecule has 2 heterocycles. The first kappa shape index (κ1) is 30.9. The van der Waals surface area contributed by atoms with E-state index in [0.717, 1.165) is 19.3 Å². The van der Waals surface area contributed by atoms with Gasteiger partial charge in [-0.05, 0) is 80.7 Å². The normalized spacial score (nSPS) is 45.4. The number of aliphatic hydroxyl groups is 1. The smallest absolute Gasteiger partial charge is 0.309 e. The summed E-state index contributed by atoms with van der Waals surface area (Å²) >= 11 is 0. The van der Waals surface area contributed by atoms with E-state index >= 15 is 0 Å². The van der Waals surface area contributed by atoms with Gasteiger partial charge in [-0.15, -0.1) is 0 Å². The summed E-state index contributed by atoms with van der Waals surface area (Å²) in [5, 5.41) is 13.0. The second kappa shape index (κ2) is 8.78. The monoisotopic (exact) mass is 592 g/mol. The summed E-state index contributed by atoms with van der Waals surface area (Å²) < 4.78 is 28.1. The number of carbonyl (C=O) groups excluding carboxylic acids is 1. The minimum Gasteiger partial charge on any atom is -0.461 e. The molecule has 1 N–H and O–H groups in total. The van der Waals surface area contributed by atoms with Gasteiger partial charge in [-0.3, -0.25) is 4.79 Å². The number of fused-ring (bicyclic) bond motifs is 2. The number of esters is 1. The third kappa shape index (κ3) is 3.81. The molecule has 0 aromatic rings. The molecule has 1 spiro atoms. The van der Waals surface area contributed by atoms with Crippen LogP contribution in [0.5, 0.6) is 0 Å². The second-order valence-electron chi connectivity index (χ2n) is 17.4. The summed E-state index contributed by atoms with van der Waals surface area (Å²) in [6, 6.07) is 0. The first-order chi connectivity index (χ1) is 18.0. The van der Waals surface area contributed by atoms with Crippen LogP contribution in [0.2, 0.25) is 36.3 Å². The van der Waals surface area contributed by atoms with E-state index in [4.69, 9.17) is 18.3 Å². The summed E-state index contributed by atoms with van der Waals surface area (Å²) in [5.41, 5.74) is -2.00. The summed E-state index contributed by atoms with van der Waals surface area (Å²) in [5.74, 6) is -0.152. The molecule has 228 valence electrons. The lowest BCUT2D eigenvalue weighted by Crippen LogP contribution is -2.83. The van der Waals surface area contributed by atoms with Crippen LogP contribution in [-0.4, -0.2) is 63.8 Å². The van der Waals surface area contributed by atoms with Gasteiger partial charge in [0.25, 0.3) is 0 Å². The van der Waals surface area contributed by atoms with E-state index in [2.05, 4.69) is 87.7 Å². The summed E-state index contributed by atoms with van der Waals surface area (Å²) in [6.07, 6.45) is 3.87. The maximum atomic E-state index is 13.3. The molecule has 3 aliphatic carbocycles. The zero-order valence-corrected chi connectivity index (χ0v) is 29.5. The molecular weight excluding hydrogens is 537 g/mol. The highest BCUT2D eigenvalue weighted by atomic mass is 28.4. The molecule has 0 radical (unpaired) electrons. The quantitative estimate of drug-likeness (QED) is 0.216. The fraction of sp³-hybridized carbons (Fsp3) is 0.906. The van der Waals surface area contributed by atoms with E-state index in [-0.39, 0.29) is 45.8 Å². The van der Waals surface area contributed by atoms with Crippen LogP contribution >= 0.6 is 0 Å². The molecule has 9 atom stereocenters. The Kier molecular flexibility index (Phi) is 6.79. The van der Waals surface area contributed by atoms with Crippen molar-refractivity contribution in [2.24, 2.45) is 22.7 Å². The van der Waals surface area contributed by atoms with Crippen molar-refractivity contribution in [2.45, 2.75) is 154 Å². The number of allylic oxidation sites excluding steroid dienone is 2. The lowest BCUT2D eigenvalue weighted by Gasteiger charge is -2.71. The number of hydrogen-bond donors (Lipinski definition) is 1. The average Bonchev–Trinajstić information content (AvgIpc) is 2.93. The first-order valence-corrected chi connectivity index (χ1v) is 21.4. The van der Waals surface area contributed by atoms with Crippen molar-refractivity contribution in [3.63, 3.8) is 0 Å². The molecule has 8 heteroatoms. The SMILES string of the molecule is CC1=CCC[C@]2(C)[C@H]3[C@@H](O[Si](C)(C)C(C)(C)C)[C@H](O[Si](C)(C)C(C)(C)C)[C@@]4(C)OC[C@@]35[C@@H](C[C@@H]12)OC(=O)CC54O. The van der Waals surface area contributed by atoms with Crippen molar-refractivity contribution in [2.75, 3.05) is 6.61 Å². The molecular formula is C32H56O6Si2. The van der Waals surface area contributed by atoms with Gasteiger partial charge in [-0.1, -0.05) is 60.1 Å². The Morgan fingerprint density at radius 2 is 1.57 bits per heavy atom. The fourth-order valence-corrected chi connectivity index (χ4v) is 11.5. The summed E-state index contributed by atoms with van der Waals surface area (Å²) in [6.45, 7) is 29.9. The van der Waals surface area contributed by atoms with Crippen LogP contribution in [0.4, 0.5) is 0 Å². The van der Waals surface area contributed by atoms with Crippen molar-refractivity contribution in [1.29, 1.82) is 0 Å². The zero-order valence-electron chi connectivity index (χ0n) is 27.5. The predicted octanol–water partition coefficient (Wildman–Crippen LogP) is 6.99. The Hall–Kier alpha value is -0.516. The molecule has 40 heavy (non-hydrogen) atoms. The van der Waals surface area contributed by atoms with Gasteiger partial charge in [0.15, 0.2) is 16.6 Å². The number of hydrogen-bond acceptors (Lipinski definition) is 6. The molecule has 4 fully saturated rings. The van der Waals surface area contributed by atoms with Crippen LogP contribution in [0.15, 0.2) is 11.6 Å². The van der Waals surface area contributed by atoms with Gasteiger partial charge in [-0.2, -0.15) is 0 Å². The third-order valence-corrected chi connectivity index (χ3v) is 22.2. The standard InChI is InChI=1S/C32H56O6Si2/c1-20-15-14-16-29(8)21(20)17-22-31-19-35-30(9,32(31,34)18-23(33)36-22)26(38-40(12,13)28(5,6)7)24(25(29)31)37-39(10,11)27(2,3)4/h15,21-22,24-26,34H,14,16-19H2,1-13H3/t21-,22+,24+,25+,26-,29-,30+,31+,32?/m0/s1. The van der Waals surface area contributed by atoms with E-state index in [1.165, 1.54) is 5.57 Å². The van der Waals surface area contributed by atoms with Gasteiger partial charge in [0.2, 0.25) is 0 Å². The Balaban J connectivity index is 1.79. The molecule has 2 bridgehead atoms. The molecule has 2 saturated carbocycles. The lowest BCUT2D eigenvalue weighted by atomic mass is 9.37. The van der Waals surface area contributed by atoms with Crippen LogP contribution in [-0.2, 0) is 23.1 Å². The van der Waals surface area contributed by atoms with Gasteiger partial charge in [0.1, 0.15) is 23.4 Å². The van der Waals surface area contributed by atoms with Crippen LogP contribution in [0.1, 0.15) is 88.0 Å². The van der Waals surface area contributed by atoms with Crippen LogP contribution in [0, 0.1) is 22.7 Å². The van der Waals surface area contributed by atoms with Gasteiger partial charge >= 0.3 is 5.97 Å². The zero-order chi connectivity index (χ0) is 30.1. The van der Waals surface area contributed by atoms with Crippen molar-refractivity contribution in [1.82, 2.24) is 0 Å². The molecule has 6 nitrogen and oxygen atoms in total. The maximum absolute atomic E-state index is 13.3. The van der Waals surface area contributed by atoms with E-state index in [0.29, 0.717) is 6.61 Å². The largest absolute Gasteiger partial charge is 0.461 e. The van der Waals surface area contributed by atoms with Gasteiger partial charge in [-0.25, -0.2) is 0 Å². The van der Waals surface area contributed by atoms with Crippen molar-refractivity contribution >= 4 is 22.6 Å². The van der Waals surface area contributed by atoms with Crippen LogP contribution in [0.3, 0.4) is 0 Å². The number of carbonyl (C=O) groups is 1. The van der Waals surface area contributed by atoms with E-state index in [1.807, 2.05) is 6.92 Å². The summed E-state index contributed by atoms with van der Waals surface area (Å²) in [7, 11) is -4.66. The molecule has 0 aromatic heterocycles. The third-order valence-electron chi connectivity index (χ3n) is 13.3. The molecule has 0 amide bonds. The predicted molar refractivity (Wildman–Crippen MR) is 163 cm³/mol. The minimum absolute atomic E-state index is 0.00343. The van der Waals surface area contributed by atoms with E-state index < -0.39 is 45.5 Å². The van der Waals surface area contributed by atoms with Crippen molar-refractivity contribution in [3.05, 3.63) is 11.6 Å². The molecule has 5 aliphatic rings. The average molecular weight is 593 g/mol. The highest BCUT2D eigenvalue weighted by Crippen LogP contribution is 2.75. The highest BCUT2D eigenvalue weighted by Gasteiger charge is 2.86. The minimum atomic E-state index is -2.36. The number of ether oxygens (including phenoxy) is 2. The second-order valence-corrected chi connectivity index (χ2v) is 26.9. The van der Waals surface area contributed by atoms with Gasteiger partial charge in [0.05, 0.1) is 24.5 Å². The Morgan fingerprint density at radius 1 is 1.00 bits per heavy atom. The molecule has 2 aliphatic heterocycles. The molecule has 5 rings (SSSR count). The van der Waals surface area contributed by atoms with Crippen LogP contribution < -0.4 is 0 Å².